The second-order valence-corrected chi connectivity index (χ2v) is 18.9. The molecule has 3 saturated heterocycles. The molecule has 3 aliphatic carbocycles. The van der Waals surface area contributed by atoms with Crippen molar-refractivity contribution < 1.29 is 9.59 Å². The third kappa shape index (κ3) is 5.90. The molecule has 278 valence electrons. The maximum atomic E-state index is 13.4. The number of likely N-dealkylation sites (tertiary alicyclic amines) is 1. The van der Waals surface area contributed by atoms with E-state index < -0.39 is 5.41 Å². The van der Waals surface area contributed by atoms with E-state index in [1.54, 1.807) is 0 Å². The maximum absolute atomic E-state index is 13.4. The van der Waals surface area contributed by atoms with Gasteiger partial charge in [0.2, 0.25) is 11.8 Å². The van der Waals surface area contributed by atoms with Gasteiger partial charge in [-0.15, -0.1) is 9.24 Å². The summed E-state index contributed by atoms with van der Waals surface area (Å²) in [5.74, 6) is 1.73. The van der Waals surface area contributed by atoms with Gasteiger partial charge in [0.1, 0.15) is 5.82 Å². The number of benzene rings is 3. The van der Waals surface area contributed by atoms with Crippen LogP contribution in [0.25, 0.3) is 32.9 Å². The number of piperidine rings is 2. The first-order chi connectivity index (χ1) is 25.5. The smallest absolute Gasteiger partial charge is 0.229 e. The first-order valence-electron chi connectivity index (χ1n) is 20.3. The van der Waals surface area contributed by atoms with Gasteiger partial charge in [-0.2, -0.15) is 12.6 Å². The second kappa shape index (κ2) is 13.3. The summed E-state index contributed by atoms with van der Waals surface area (Å²) >= 11 is 4.99. The molecule has 8 heteroatoms. The van der Waals surface area contributed by atoms with Gasteiger partial charge in [-0.3, -0.25) is 9.59 Å². The number of nitrogens with one attached hydrogen (secondary N) is 1. The fourth-order valence-corrected chi connectivity index (χ4v) is 11.6. The highest BCUT2D eigenvalue weighted by molar-refractivity contribution is 7.81. The summed E-state index contributed by atoms with van der Waals surface area (Å²) < 4.78 is 0. The summed E-state index contributed by atoms with van der Waals surface area (Å²) in [6.45, 7) is 6.91. The number of amides is 2. The van der Waals surface area contributed by atoms with Gasteiger partial charge in [0.05, 0.1) is 16.4 Å². The van der Waals surface area contributed by atoms with Gasteiger partial charge in [0.25, 0.3) is 0 Å². The quantitative estimate of drug-likeness (QED) is 0.117. The number of aromatic nitrogens is 2. The van der Waals surface area contributed by atoms with Crippen LogP contribution in [-0.2, 0) is 15.0 Å². The molecule has 1 N–H and O–H groups in total. The molecule has 8 unspecified atom stereocenters. The van der Waals surface area contributed by atoms with E-state index in [1.807, 2.05) is 18.7 Å². The number of carbonyl (C=O) groups excluding carboxylic acids is 2. The molecule has 1 saturated carbocycles. The van der Waals surface area contributed by atoms with Crippen molar-refractivity contribution in [3.8, 4) is 11.1 Å². The number of carbonyl (C=O) groups is 2. The van der Waals surface area contributed by atoms with Crippen LogP contribution in [0.2, 0.25) is 0 Å². The Morgan fingerprint density at radius 1 is 0.925 bits per heavy atom. The van der Waals surface area contributed by atoms with Crippen LogP contribution in [0.1, 0.15) is 109 Å². The van der Waals surface area contributed by atoms with Crippen molar-refractivity contribution in [2.45, 2.75) is 120 Å². The summed E-state index contributed by atoms with van der Waals surface area (Å²) in [4.78, 5) is 39.8. The average molecular weight is 747 g/mol. The normalized spacial score (nSPS) is 31.7. The molecule has 3 aromatic carbocycles. The molecule has 2 amide bonds. The van der Waals surface area contributed by atoms with Crippen molar-refractivity contribution in [2.75, 3.05) is 12.7 Å². The van der Waals surface area contributed by atoms with Crippen LogP contribution < -0.4 is 0 Å². The summed E-state index contributed by atoms with van der Waals surface area (Å²) in [6.07, 6.45) is 18.3. The summed E-state index contributed by atoms with van der Waals surface area (Å²) in [5.41, 5.74) is 5.53. The molecule has 3 aliphatic heterocycles. The summed E-state index contributed by atoms with van der Waals surface area (Å²) in [6, 6.07) is 21.4. The molecule has 4 fully saturated rings. The van der Waals surface area contributed by atoms with Gasteiger partial charge in [0, 0.05) is 46.7 Å². The Balaban J connectivity index is 0.948. The SMILES string of the molecule is CC1CCC2CCC(C34C=CC(c5ccc6cc(-c7ccc8nc(C9CCCN(C(=O)C(C)(C)CP)C9S)[nH]c8c7)ccc6c5)(CCC3)CC4)N2C1=O. The van der Waals surface area contributed by atoms with Crippen LogP contribution in [0.4, 0.5) is 0 Å². The van der Waals surface area contributed by atoms with Crippen LogP contribution in [0, 0.1) is 16.7 Å². The lowest BCUT2D eigenvalue weighted by Gasteiger charge is -2.47. The van der Waals surface area contributed by atoms with Gasteiger partial charge in [0.15, 0.2) is 0 Å². The zero-order valence-corrected chi connectivity index (χ0v) is 33.7. The number of hydrogen-bond donors (Lipinski definition) is 2. The lowest BCUT2D eigenvalue weighted by molar-refractivity contribution is -0.144. The highest BCUT2D eigenvalue weighted by Crippen LogP contribution is 2.56. The fraction of sp³-hybridized carbons (Fsp3) is 0.533. The Labute approximate surface area is 322 Å². The molecule has 53 heavy (non-hydrogen) atoms. The van der Waals surface area contributed by atoms with Crippen molar-refractivity contribution in [1.82, 2.24) is 19.8 Å². The Morgan fingerprint density at radius 2 is 1.70 bits per heavy atom. The fourth-order valence-electron chi connectivity index (χ4n) is 10.9. The van der Waals surface area contributed by atoms with Gasteiger partial charge in [-0.1, -0.05) is 75.7 Å². The number of hydrogen-bond acceptors (Lipinski definition) is 4. The zero-order chi connectivity index (χ0) is 36.7. The molecule has 4 heterocycles. The number of fused-ring (bicyclic) bond motifs is 6. The van der Waals surface area contributed by atoms with Crippen LogP contribution in [0.15, 0.2) is 66.7 Å². The molecule has 2 bridgehead atoms. The first-order valence-corrected chi connectivity index (χ1v) is 21.6. The van der Waals surface area contributed by atoms with Gasteiger partial charge < -0.3 is 14.8 Å². The molecule has 6 aliphatic rings. The van der Waals surface area contributed by atoms with Crippen molar-refractivity contribution in [3.63, 3.8) is 0 Å². The van der Waals surface area contributed by atoms with E-state index in [0.717, 1.165) is 60.8 Å². The minimum atomic E-state index is -0.429. The van der Waals surface area contributed by atoms with Crippen LogP contribution in [0.5, 0.6) is 0 Å². The van der Waals surface area contributed by atoms with Gasteiger partial charge in [-0.25, -0.2) is 4.98 Å². The molecule has 6 nitrogen and oxygen atoms in total. The van der Waals surface area contributed by atoms with Crippen molar-refractivity contribution in [3.05, 3.63) is 78.1 Å². The Kier molecular flexibility index (Phi) is 8.89. The molecule has 1 aromatic heterocycles. The lowest BCUT2D eigenvalue weighted by Crippen LogP contribution is -2.53. The van der Waals surface area contributed by atoms with E-state index in [9.17, 15) is 9.59 Å². The number of nitrogens with zero attached hydrogens (tertiary/aromatic N) is 3. The first kappa shape index (κ1) is 35.5. The third-order valence-corrected chi connectivity index (χ3v) is 16.0. The molecule has 4 aromatic rings. The Bertz CT molecular complexity index is 2130. The molecular weight excluding hydrogens is 692 g/mol. The highest BCUT2D eigenvalue weighted by Gasteiger charge is 2.53. The van der Waals surface area contributed by atoms with Crippen molar-refractivity contribution in [2.24, 2.45) is 16.7 Å². The zero-order valence-electron chi connectivity index (χ0n) is 31.6. The average Bonchev–Trinajstić information content (AvgIpc) is 3.71. The minimum Gasteiger partial charge on any atom is -0.342 e. The summed E-state index contributed by atoms with van der Waals surface area (Å²) in [5, 5.41) is 2.34. The molecule has 8 atom stereocenters. The monoisotopic (exact) mass is 746 g/mol. The lowest BCUT2D eigenvalue weighted by atomic mass is 9.64. The predicted octanol–water partition coefficient (Wildman–Crippen LogP) is 9.79. The second-order valence-electron chi connectivity index (χ2n) is 17.9. The van der Waals surface area contributed by atoms with Crippen LogP contribution >= 0.6 is 21.9 Å². The van der Waals surface area contributed by atoms with Crippen molar-refractivity contribution in [1.29, 1.82) is 0 Å². The van der Waals surface area contributed by atoms with E-state index >= 15 is 0 Å². The summed E-state index contributed by atoms with van der Waals surface area (Å²) in [7, 11) is 2.72. The third-order valence-electron chi connectivity index (χ3n) is 14.4. The molecular formula is C45H55N4O2PS. The van der Waals surface area contributed by atoms with Crippen molar-refractivity contribution >= 4 is 55.5 Å². The molecule has 0 radical (unpaired) electrons. The number of rotatable bonds is 6. The topological polar surface area (TPSA) is 69.3 Å². The Morgan fingerprint density at radius 3 is 2.51 bits per heavy atom. The molecule has 10 rings (SSSR count). The van der Waals surface area contributed by atoms with E-state index in [4.69, 9.17) is 17.6 Å². The highest BCUT2D eigenvalue weighted by atomic mass is 32.1. The van der Waals surface area contributed by atoms with Crippen LogP contribution in [-0.4, -0.2) is 61.7 Å². The number of aromatic amines is 1. The van der Waals surface area contributed by atoms with E-state index in [2.05, 4.69) is 92.8 Å². The van der Waals surface area contributed by atoms with Gasteiger partial charge in [-0.05, 0) is 116 Å². The van der Waals surface area contributed by atoms with E-state index in [-0.39, 0.29) is 33.9 Å². The number of imidazole rings is 1. The largest absolute Gasteiger partial charge is 0.342 e. The maximum Gasteiger partial charge on any atom is 0.229 e. The predicted molar refractivity (Wildman–Crippen MR) is 222 cm³/mol. The number of allylic oxidation sites excluding steroid dienone is 1. The standard InChI is InChI=1S/C45H55N4O2PS/c1-28-7-13-34-14-16-38(49(34)40(28)50)45-18-5-17-44(19-21-45,20-22-45)33-12-10-30-24-29(8-9-31(30)25-33)32-11-15-36-37(26-32)47-39(46-36)35-6-4-23-48(41(35)53)42(51)43(2,3)27-52/h8-12,15,19,21,24-26,28,34-35,38,41,53H,4-7,13-14,16-18,20,22-23,27,52H2,1-3H3,(H,46,47). The van der Waals surface area contributed by atoms with Gasteiger partial charge >= 0.3 is 0 Å². The minimum absolute atomic E-state index is 0.0585. The number of thiol groups is 1. The Hall–Kier alpha value is -3.15. The molecule has 0 spiro atoms. The number of H-pyrrole nitrogens is 1. The van der Waals surface area contributed by atoms with E-state index in [1.165, 1.54) is 66.8 Å². The van der Waals surface area contributed by atoms with E-state index in [0.29, 0.717) is 18.0 Å². The van der Waals surface area contributed by atoms with Crippen LogP contribution in [0.3, 0.4) is 0 Å².